The van der Waals surface area contributed by atoms with Crippen LogP contribution in [0.3, 0.4) is 0 Å². The van der Waals surface area contributed by atoms with Gasteiger partial charge < -0.3 is 4.90 Å². The molecule has 6 nitrogen and oxygen atoms in total. The third-order valence-corrected chi connectivity index (χ3v) is 7.28. The molecule has 0 aliphatic carbocycles. The molecule has 1 fully saturated rings. The molecule has 1 atom stereocenters. The van der Waals surface area contributed by atoms with E-state index in [1.54, 1.807) is 12.4 Å². The normalized spacial score (nSPS) is 14.6. The topological polar surface area (TPSA) is 63.9 Å². The highest BCUT2D eigenvalue weighted by atomic mass is 32.2. The lowest BCUT2D eigenvalue weighted by molar-refractivity contribution is -0.131. The molecule has 0 radical (unpaired) electrons. The maximum atomic E-state index is 13.7. The molecule has 0 N–H and O–H groups in total. The Morgan fingerprint density at radius 1 is 0.853 bits per heavy atom. The summed E-state index contributed by atoms with van der Waals surface area (Å²) in [6, 6.07) is 24.2. The van der Waals surface area contributed by atoms with Crippen molar-refractivity contribution in [2.24, 2.45) is 0 Å². The second kappa shape index (κ2) is 10.7. The molecule has 0 spiro atoms. The molecule has 2 aromatic carbocycles. The number of likely N-dealkylation sites (tertiary alicyclic amines) is 1. The van der Waals surface area contributed by atoms with Gasteiger partial charge in [0.25, 0.3) is 0 Å². The average molecular weight is 470 g/mol. The summed E-state index contributed by atoms with van der Waals surface area (Å²) in [5, 5.41) is 9.47. The Morgan fingerprint density at radius 3 is 2.24 bits per heavy atom. The molecule has 34 heavy (non-hydrogen) atoms. The van der Waals surface area contributed by atoms with Crippen molar-refractivity contribution in [2.45, 2.75) is 36.2 Å². The van der Waals surface area contributed by atoms with Crippen LogP contribution in [0.15, 0.2) is 90.3 Å². The van der Waals surface area contributed by atoms with Crippen LogP contribution in [-0.4, -0.2) is 43.6 Å². The molecule has 1 aliphatic rings. The van der Waals surface area contributed by atoms with Crippen LogP contribution in [0.5, 0.6) is 0 Å². The Bertz CT molecular complexity index is 1210. The molecule has 5 rings (SSSR count). The zero-order valence-corrected chi connectivity index (χ0v) is 19.8. The third-order valence-electron chi connectivity index (χ3n) is 6.06. The Balaban J connectivity index is 1.52. The van der Waals surface area contributed by atoms with Crippen molar-refractivity contribution >= 4 is 17.7 Å². The zero-order valence-electron chi connectivity index (χ0n) is 19.0. The van der Waals surface area contributed by atoms with Gasteiger partial charge in [0.15, 0.2) is 11.0 Å². The summed E-state index contributed by atoms with van der Waals surface area (Å²) < 4.78 is 2.11. The summed E-state index contributed by atoms with van der Waals surface area (Å²) in [5.41, 5.74) is 3.09. The number of nitrogens with zero attached hydrogens (tertiary/aromatic N) is 5. The highest BCUT2D eigenvalue weighted by Crippen LogP contribution is 2.38. The van der Waals surface area contributed by atoms with Gasteiger partial charge in [-0.2, -0.15) is 0 Å². The molecule has 1 unspecified atom stereocenters. The van der Waals surface area contributed by atoms with Crippen molar-refractivity contribution in [3.63, 3.8) is 0 Å². The minimum absolute atomic E-state index is 0.149. The maximum Gasteiger partial charge on any atom is 0.240 e. The number of pyridine rings is 1. The van der Waals surface area contributed by atoms with E-state index in [2.05, 4.69) is 31.9 Å². The van der Waals surface area contributed by atoms with Crippen LogP contribution in [0, 0.1) is 0 Å². The van der Waals surface area contributed by atoms with Gasteiger partial charge >= 0.3 is 0 Å². The van der Waals surface area contributed by atoms with Gasteiger partial charge in [-0.15, -0.1) is 10.2 Å². The molecule has 3 heterocycles. The van der Waals surface area contributed by atoms with Gasteiger partial charge in [-0.05, 0) is 42.5 Å². The van der Waals surface area contributed by atoms with Crippen LogP contribution < -0.4 is 0 Å². The molecule has 1 saturated heterocycles. The van der Waals surface area contributed by atoms with Crippen LogP contribution in [0.2, 0.25) is 0 Å². The Labute approximate surface area is 204 Å². The summed E-state index contributed by atoms with van der Waals surface area (Å²) in [7, 11) is 0. The van der Waals surface area contributed by atoms with E-state index in [1.807, 2.05) is 65.6 Å². The molecule has 1 aliphatic heterocycles. The first kappa shape index (κ1) is 22.3. The first-order valence-electron chi connectivity index (χ1n) is 11.7. The Hall–Kier alpha value is -3.45. The number of aromatic nitrogens is 4. The minimum Gasteiger partial charge on any atom is -0.341 e. The van der Waals surface area contributed by atoms with Crippen molar-refractivity contribution in [1.82, 2.24) is 24.6 Å². The predicted octanol–water partition coefficient (Wildman–Crippen LogP) is 5.23. The standard InChI is InChI=1S/C27H27N5OS/c33-26(31-18-8-3-9-19-31)24(22-12-6-2-7-13-22)34-27-30-29-25(23-14-16-28-17-15-23)32(27)20-21-10-4-1-5-11-21/h1-2,4-7,10-17,24H,3,8-9,18-20H2. The van der Waals surface area contributed by atoms with Gasteiger partial charge in [0.05, 0.1) is 6.54 Å². The lowest BCUT2D eigenvalue weighted by Crippen LogP contribution is -2.38. The fourth-order valence-corrected chi connectivity index (χ4v) is 5.39. The highest BCUT2D eigenvalue weighted by Gasteiger charge is 2.30. The second-order valence-electron chi connectivity index (χ2n) is 8.41. The number of piperidine rings is 1. The van der Waals surface area contributed by atoms with Crippen molar-refractivity contribution in [3.05, 3.63) is 96.3 Å². The monoisotopic (exact) mass is 469 g/mol. The number of amides is 1. The van der Waals surface area contributed by atoms with Crippen molar-refractivity contribution in [1.29, 1.82) is 0 Å². The number of carbonyl (C=O) groups is 1. The van der Waals surface area contributed by atoms with E-state index in [0.717, 1.165) is 53.6 Å². The summed E-state index contributed by atoms with van der Waals surface area (Å²) in [4.78, 5) is 19.8. The summed E-state index contributed by atoms with van der Waals surface area (Å²) >= 11 is 1.49. The van der Waals surface area contributed by atoms with E-state index in [9.17, 15) is 4.79 Å². The van der Waals surface area contributed by atoms with E-state index < -0.39 is 0 Å². The fourth-order valence-electron chi connectivity index (χ4n) is 4.27. The molecule has 172 valence electrons. The third kappa shape index (κ3) is 5.04. The largest absolute Gasteiger partial charge is 0.341 e. The molecule has 4 aromatic rings. The SMILES string of the molecule is O=C(C(Sc1nnc(-c2ccncc2)n1Cc1ccccc1)c1ccccc1)N1CCCCC1. The van der Waals surface area contributed by atoms with E-state index in [1.165, 1.54) is 18.2 Å². The van der Waals surface area contributed by atoms with Crippen LogP contribution >= 0.6 is 11.8 Å². The number of hydrogen-bond donors (Lipinski definition) is 0. The molecule has 0 saturated carbocycles. The average Bonchev–Trinajstić information content (AvgIpc) is 3.31. The zero-order chi connectivity index (χ0) is 23.2. The van der Waals surface area contributed by atoms with Crippen molar-refractivity contribution in [3.8, 4) is 11.4 Å². The van der Waals surface area contributed by atoms with Gasteiger partial charge in [0.2, 0.25) is 5.91 Å². The Morgan fingerprint density at radius 2 is 1.53 bits per heavy atom. The molecule has 2 aromatic heterocycles. The quantitative estimate of drug-likeness (QED) is 0.347. The van der Waals surface area contributed by atoms with E-state index in [0.29, 0.717) is 6.54 Å². The van der Waals surface area contributed by atoms with E-state index in [4.69, 9.17) is 0 Å². The number of benzene rings is 2. The second-order valence-corrected chi connectivity index (χ2v) is 9.48. The molecule has 1 amide bonds. The number of rotatable bonds is 7. The first-order chi connectivity index (χ1) is 16.8. The lowest BCUT2D eigenvalue weighted by Gasteiger charge is -2.30. The maximum absolute atomic E-state index is 13.7. The smallest absolute Gasteiger partial charge is 0.240 e. The van der Waals surface area contributed by atoms with E-state index in [-0.39, 0.29) is 11.2 Å². The Kier molecular flexibility index (Phi) is 7.00. The fraction of sp³-hybridized carbons (Fsp3) is 0.259. The molecule has 0 bridgehead atoms. The number of carbonyl (C=O) groups excluding carboxylic acids is 1. The number of thioether (sulfide) groups is 1. The van der Waals surface area contributed by atoms with Gasteiger partial charge in [-0.1, -0.05) is 72.4 Å². The summed E-state index contributed by atoms with van der Waals surface area (Å²) in [6.07, 6.45) is 6.84. The minimum atomic E-state index is -0.372. The van der Waals surface area contributed by atoms with Crippen LogP contribution in [0.1, 0.15) is 35.6 Å². The number of hydrogen-bond acceptors (Lipinski definition) is 5. The summed E-state index contributed by atoms with van der Waals surface area (Å²) in [5.74, 6) is 0.918. The molecule has 7 heteroatoms. The van der Waals surface area contributed by atoms with Crippen LogP contribution in [0.4, 0.5) is 0 Å². The van der Waals surface area contributed by atoms with Crippen molar-refractivity contribution < 1.29 is 4.79 Å². The van der Waals surface area contributed by atoms with Crippen LogP contribution in [-0.2, 0) is 11.3 Å². The summed E-state index contributed by atoms with van der Waals surface area (Å²) in [6.45, 7) is 2.26. The van der Waals surface area contributed by atoms with Crippen molar-refractivity contribution in [2.75, 3.05) is 13.1 Å². The van der Waals surface area contributed by atoms with Crippen LogP contribution in [0.25, 0.3) is 11.4 Å². The first-order valence-corrected chi connectivity index (χ1v) is 12.6. The highest BCUT2D eigenvalue weighted by molar-refractivity contribution is 8.00. The van der Waals surface area contributed by atoms with Gasteiger partial charge in [0, 0.05) is 31.0 Å². The van der Waals surface area contributed by atoms with E-state index >= 15 is 0 Å². The van der Waals surface area contributed by atoms with Gasteiger partial charge in [-0.3, -0.25) is 14.3 Å². The van der Waals surface area contributed by atoms with Gasteiger partial charge in [0.1, 0.15) is 5.25 Å². The molecular formula is C27H27N5OS. The lowest BCUT2D eigenvalue weighted by atomic mass is 10.1. The predicted molar refractivity (Wildman–Crippen MR) is 134 cm³/mol. The molecular weight excluding hydrogens is 442 g/mol. The van der Waals surface area contributed by atoms with Gasteiger partial charge in [-0.25, -0.2) is 0 Å².